The van der Waals surface area contributed by atoms with Crippen LogP contribution in [0.25, 0.3) is 0 Å². The van der Waals surface area contributed by atoms with Gasteiger partial charge in [0.15, 0.2) is 0 Å². The molecule has 3 rings (SSSR count). The first-order valence-electron chi connectivity index (χ1n) is 10.0. The molecule has 0 N–H and O–H groups in total. The standard InChI is InChI=1S/C23H28N2O4/c1-28-21-10-6-5-7-19(21)11-12-22(26)24-14-16-25(17-15-24)23(27)13-18-29-20-8-3-2-4-9-20/h2-10H,11-18H2,1H3. The number of amides is 2. The van der Waals surface area contributed by atoms with Crippen LogP contribution in [0.2, 0.25) is 0 Å². The highest BCUT2D eigenvalue weighted by molar-refractivity contribution is 5.78. The van der Waals surface area contributed by atoms with E-state index in [4.69, 9.17) is 9.47 Å². The molecule has 6 nitrogen and oxygen atoms in total. The van der Waals surface area contributed by atoms with Crippen LogP contribution in [0, 0.1) is 0 Å². The molecule has 1 heterocycles. The molecular weight excluding hydrogens is 368 g/mol. The van der Waals surface area contributed by atoms with E-state index in [1.54, 1.807) is 7.11 Å². The Morgan fingerprint density at radius 1 is 0.828 bits per heavy atom. The predicted octanol–water partition coefficient (Wildman–Crippen LogP) is 2.77. The van der Waals surface area contributed by atoms with Crippen LogP contribution >= 0.6 is 0 Å². The number of methoxy groups -OCH3 is 1. The van der Waals surface area contributed by atoms with E-state index < -0.39 is 0 Å². The van der Waals surface area contributed by atoms with E-state index in [1.165, 1.54) is 0 Å². The fourth-order valence-electron chi connectivity index (χ4n) is 3.45. The number of ether oxygens (including phenoxy) is 2. The summed E-state index contributed by atoms with van der Waals surface area (Å²) >= 11 is 0. The van der Waals surface area contributed by atoms with Gasteiger partial charge in [-0.3, -0.25) is 9.59 Å². The lowest BCUT2D eigenvalue weighted by Gasteiger charge is -2.35. The number of carbonyl (C=O) groups excluding carboxylic acids is 2. The van der Waals surface area contributed by atoms with Gasteiger partial charge in [0.1, 0.15) is 11.5 Å². The molecule has 6 heteroatoms. The highest BCUT2D eigenvalue weighted by Gasteiger charge is 2.24. The number of carbonyl (C=O) groups is 2. The van der Waals surface area contributed by atoms with Crippen molar-refractivity contribution >= 4 is 11.8 Å². The monoisotopic (exact) mass is 396 g/mol. The number of rotatable bonds is 8. The maximum Gasteiger partial charge on any atom is 0.226 e. The second-order valence-corrected chi connectivity index (χ2v) is 6.98. The second kappa shape index (κ2) is 10.5. The van der Waals surface area contributed by atoms with Crippen molar-refractivity contribution in [2.75, 3.05) is 39.9 Å². The molecule has 1 aliphatic heterocycles. The quantitative estimate of drug-likeness (QED) is 0.689. The number of hydrogen-bond donors (Lipinski definition) is 0. The van der Waals surface area contributed by atoms with Crippen molar-refractivity contribution in [3.63, 3.8) is 0 Å². The lowest BCUT2D eigenvalue weighted by Crippen LogP contribution is -2.50. The summed E-state index contributed by atoms with van der Waals surface area (Å²) in [7, 11) is 1.64. The summed E-state index contributed by atoms with van der Waals surface area (Å²) in [5, 5.41) is 0. The molecule has 1 saturated heterocycles. The number of aryl methyl sites for hydroxylation is 1. The molecule has 0 bridgehead atoms. The number of hydrogen-bond acceptors (Lipinski definition) is 4. The highest BCUT2D eigenvalue weighted by atomic mass is 16.5. The van der Waals surface area contributed by atoms with Gasteiger partial charge >= 0.3 is 0 Å². The van der Waals surface area contributed by atoms with Gasteiger partial charge in [0.25, 0.3) is 0 Å². The van der Waals surface area contributed by atoms with E-state index in [-0.39, 0.29) is 11.8 Å². The molecule has 0 radical (unpaired) electrons. The van der Waals surface area contributed by atoms with Crippen LogP contribution in [-0.2, 0) is 16.0 Å². The molecule has 154 valence electrons. The van der Waals surface area contributed by atoms with Gasteiger partial charge < -0.3 is 19.3 Å². The zero-order valence-electron chi connectivity index (χ0n) is 16.9. The first-order valence-corrected chi connectivity index (χ1v) is 10.0. The van der Waals surface area contributed by atoms with Crippen LogP contribution in [0.4, 0.5) is 0 Å². The van der Waals surface area contributed by atoms with Crippen LogP contribution in [0.1, 0.15) is 18.4 Å². The molecule has 0 saturated carbocycles. The molecular formula is C23H28N2O4. The lowest BCUT2D eigenvalue weighted by atomic mass is 10.1. The molecule has 1 aliphatic rings. The Hall–Kier alpha value is -3.02. The largest absolute Gasteiger partial charge is 0.496 e. The molecule has 1 fully saturated rings. The topological polar surface area (TPSA) is 59.1 Å². The molecule has 29 heavy (non-hydrogen) atoms. The van der Waals surface area contributed by atoms with E-state index in [1.807, 2.05) is 64.4 Å². The third-order valence-corrected chi connectivity index (χ3v) is 5.11. The van der Waals surface area contributed by atoms with Gasteiger partial charge in [0.05, 0.1) is 20.1 Å². The minimum absolute atomic E-state index is 0.0713. The summed E-state index contributed by atoms with van der Waals surface area (Å²) in [6.07, 6.45) is 1.44. The smallest absolute Gasteiger partial charge is 0.226 e. The van der Waals surface area contributed by atoms with Crippen molar-refractivity contribution in [2.45, 2.75) is 19.3 Å². The third-order valence-electron chi connectivity index (χ3n) is 5.11. The van der Waals surface area contributed by atoms with Crippen LogP contribution in [0.5, 0.6) is 11.5 Å². The summed E-state index contributed by atoms with van der Waals surface area (Å²) in [5.74, 6) is 1.77. The lowest BCUT2D eigenvalue weighted by molar-refractivity contribution is -0.139. The van der Waals surface area contributed by atoms with Crippen molar-refractivity contribution in [1.29, 1.82) is 0 Å². The van der Waals surface area contributed by atoms with Crippen molar-refractivity contribution in [3.05, 3.63) is 60.2 Å². The van der Waals surface area contributed by atoms with Crippen molar-refractivity contribution < 1.29 is 19.1 Å². The molecule has 0 spiro atoms. The first-order chi connectivity index (χ1) is 14.2. The minimum atomic E-state index is 0.0713. The van der Waals surface area contributed by atoms with Crippen LogP contribution < -0.4 is 9.47 Å². The van der Waals surface area contributed by atoms with Gasteiger partial charge in [-0.2, -0.15) is 0 Å². The Morgan fingerprint density at radius 3 is 2.07 bits per heavy atom. The highest BCUT2D eigenvalue weighted by Crippen LogP contribution is 2.19. The molecule has 2 aromatic carbocycles. The zero-order chi connectivity index (χ0) is 20.5. The van der Waals surface area contributed by atoms with Gasteiger partial charge in [-0.05, 0) is 30.2 Å². The van der Waals surface area contributed by atoms with E-state index in [0.717, 1.165) is 17.1 Å². The predicted molar refractivity (Wildman–Crippen MR) is 111 cm³/mol. The zero-order valence-corrected chi connectivity index (χ0v) is 16.9. The molecule has 2 aromatic rings. The Bertz CT molecular complexity index is 802. The number of piperazine rings is 1. The molecule has 0 aromatic heterocycles. The van der Waals surface area contributed by atoms with Crippen molar-refractivity contribution in [2.24, 2.45) is 0 Å². The Balaban J connectivity index is 1.38. The average Bonchev–Trinajstić information content (AvgIpc) is 2.78. The number of benzene rings is 2. The summed E-state index contributed by atoms with van der Waals surface area (Å²) in [6, 6.07) is 17.3. The maximum absolute atomic E-state index is 12.5. The molecule has 0 atom stereocenters. The maximum atomic E-state index is 12.5. The fourth-order valence-corrected chi connectivity index (χ4v) is 3.45. The van der Waals surface area contributed by atoms with Gasteiger partial charge in [-0.15, -0.1) is 0 Å². The normalized spacial score (nSPS) is 13.8. The molecule has 0 unspecified atom stereocenters. The van der Waals surface area contributed by atoms with E-state index in [2.05, 4.69) is 0 Å². The SMILES string of the molecule is COc1ccccc1CCC(=O)N1CCN(C(=O)CCOc2ccccc2)CC1. The average molecular weight is 396 g/mol. The van der Waals surface area contributed by atoms with Crippen LogP contribution in [-0.4, -0.2) is 61.5 Å². The van der Waals surface area contributed by atoms with Gasteiger partial charge in [-0.1, -0.05) is 36.4 Å². The molecule has 2 amide bonds. The minimum Gasteiger partial charge on any atom is -0.496 e. The van der Waals surface area contributed by atoms with Gasteiger partial charge in [0.2, 0.25) is 11.8 Å². The Morgan fingerprint density at radius 2 is 1.41 bits per heavy atom. The summed E-state index contributed by atoms with van der Waals surface area (Å²) in [6.45, 7) is 2.67. The number of nitrogens with zero attached hydrogens (tertiary/aromatic N) is 2. The third kappa shape index (κ3) is 5.98. The first kappa shape index (κ1) is 20.7. The van der Waals surface area contributed by atoms with Crippen LogP contribution in [0.3, 0.4) is 0 Å². The van der Waals surface area contributed by atoms with E-state index >= 15 is 0 Å². The van der Waals surface area contributed by atoms with E-state index in [0.29, 0.717) is 52.0 Å². The number of para-hydroxylation sites is 2. The Labute approximate surface area is 172 Å². The fraction of sp³-hybridized carbons (Fsp3) is 0.391. The Kier molecular flexibility index (Phi) is 7.50. The van der Waals surface area contributed by atoms with Gasteiger partial charge in [-0.25, -0.2) is 0 Å². The van der Waals surface area contributed by atoms with E-state index in [9.17, 15) is 9.59 Å². The van der Waals surface area contributed by atoms with Crippen molar-refractivity contribution in [1.82, 2.24) is 9.80 Å². The van der Waals surface area contributed by atoms with Crippen molar-refractivity contribution in [3.8, 4) is 11.5 Å². The summed E-state index contributed by atoms with van der Waals surface area (Å²) in [5.41, 5.74) is 1.04. The van der Waals surface area contributed by atoms with Gasteiger partial charge in [0, 0.05) is 32.6 Å². The summed E-state index contributed by atoms with van der Waals surface area (Å²) in [4.78, 5) is 28.6. The molecule has 0 aliphatic carbocycles. The second-order valence-electron chi connectivity index (χ2n) is 6.98. The summed E-state index contributed by atoms with van der Waals surface area (Å²) < 4.78 is 10.9. The van der Waals surface area contributed by atoms with Crippen LogP contribution in [0.15, 0.2) is 54.6 Å².